The van der Waals surface area contributed by atoms with Gasteiger partial charge in [0.15, 0.2) is 0 Å². The summed E-state index contributed by atoms with van der Waals surface area (Å²) in [5.41, 5.74) is 9.35. The Morgan fingerprint density at radius 1 is 0.795 bits per heavy atom. The predicted molar refractivity (Wildman–Crippen MR) is 176 cm³/mol. The summed E-state index contributed by atoms with van der Waals surface area (Å²) in [6, 6.07) is 38.8. The van der Waals surface area contributed by atoms with Crippen molar-refractivity contribution in [3.63, 3.8) is 0 Å². The van der Waals surface area contributed by atoms with E-state index in [4.69, 9.17) is 9.97 Å². The quantitative estimate of drug-likeness (QED) is 0.183. The third-order valence-corrected chi connectivity index (χ3v) is 8.68. The number of aromatic hydroxyl groups is 1. The van der Waals surface area contributed by atoms with E-state index in [0.717, 1.165) is 45.0 Å². The van der Waals surface area contributed by atoms with Gasteiger partial charge in [-0.25, -0.2) is 4.98 Å². The zero-order valence-corrected chi connectivity index (χ0v) is 27.8. The number of rotatable bonds is 3. The van der Waals surface area contributed by atoms with E-state index in [9.17, 15) is 5.11 Å². The molecule has 4 aromatic carbocycles. The van der Waals surface area contributed by atoms with Crippen LogP contribution in [0.5, 0.6) is 5.75 Å². The molecule has 3 heterocycles. The van der Waals surface area contributed by atoms with E-state index in [0.29, 0.717) is 5.52 Å². The number of phenols is 1. The minimum Gasteiger partial charge on any atom is -0.505 e. The Labute approximate surface area is 273 Å². The van der Waals surface area contributed by atoms with Crippen molar-refractivity contribution in [3.8, 4) is 28.1 Å². The molecular weight excluding hydrogens is 722 g/mol. The van der Waals surface area contributed by atoms with Crippen LogP contribution in [0.2, 0.25) is 0 Å². The number of para-hydroxylation sites is 1. The molecule has 0 saturated carbocycles. The van der Waals surface area contributed by atoms with Gasteiger partial charge in [-0.2, -0.15) is 0 Å². The Kier molecular flexibility index (Phi) is 7.46. The average Bonchev–Trinajstić information content (AvgIpc) is 3.01. The van der Waals surface area contributed by atoms with Crippen molar-refractivity contribution >= 4 is 28.1 Å². The summed E-state index contributed by atoms with van der Waals surface area (Å²) in [4.78, 5) is 12.1. The van der Waals surface area contributed by atoms with Gasteiger partial charge in [-0.05, 0) is 63.2 Å². The molecule has 0 amide bonds. The van der Waals surface area contributed by atoms with Gasteiger partial charge in [0, 0.05) is 43.9 Å². The molecule has 0 spiro atoms. The molecule has 0 radical (unpaired) electrons. The van der Waals surface area contributed by atoms with Crippen LogP contribution in [0.15, 0.2) is 109 Å². The monoisotopic (exact) mass is 755 g/mol. The number of anilines is 3. The Bertz CT molecular complexity index is 2010. The number of nitrogens with zero attached hydrogens (tertiary/aromatic N) is 3. The predicted octanol–water partition coefficient (Wildman–Crippen LogP) is 9.87. The van der Waals surface area contributed by atoms with Crippen molar-refractivity contribution in [1.29, 1.82) is 0 Å². The Hall–Kier alpha value is -4.27. The summed E-state index contributed by atoms with van der Waals surface area (Å²) in [6.07, 6.45) is 1.90. The van der Waals surface area contributed by atoms with Crippen LogP contribution in [0.4, 0.5) is 17.2 Å². The first-order valence-corrected chi connectivity index (χ1v) is 14.7. The van der Waals surface area contributed by atoms with Gasteiger partial charge in [0.2, 0.25) is 0 Å². The van der Waals surface area contributed by atoms with Gasteiger partial charge in [-0.3, -0.25) is 4.98 Å². The van der Waals surface area contributed by atoms with E-state index >= 15 is 0 Å². The van der Waals surface area contributed by atoms with Crippen LogP contribution in [0, 0.1) is 6.07 Å². The molecule has 0 fully saturated rings. The van der Waals surface area contributed by atoms with Crippen LogP contribution in [0.1, 0.15) is 51.3 Å². The van der Waals surface area contributed by atoms with Gasteiger partial charge in [0.1, 0.15) is 17.1 Å². The molecule has 5 heteroatoms. The average molecular weight is 756 g/mol. The second-order valence-corrected chi connectivity index (χ2v) is 12.9. The molecule has 0 atom stereocenters. The number of pyridine rings is 2. The fourth-order valence-electron chi connectivity index (χ4n) is 6.19. The molecular formula is C39H34N3OPt-. The summed E-state index contributed by atoms with van der Waals surface area (Å²) >= 11 is 0. The number of aromatic nitrogens is 2. The third kappa shape index (κ3) is 4.92. The van der Waals surface area contributed by atoms with Crippen LogP contribution >= 0.6 is 0 Å². The molecule has 1 aliphatic heterocycles. The normalized spacial score (nSPS) is 13.6. The topological polar surface area (TPSA) is 49.2 Å². The summed E-state index contributed by atoms with van der Waals surface area (Å²) in [5.74, 6) is 1.05. The standard InChI is InChI=1S/C39H34N3O.Pt/c1-38(2,3)28-21-22-40-35(24-28)42-33-14-10-9-13-30(33)39(4,5)31-19-16-27(23-34(31)42)32-20-17-26-15-18-29(37(43)36(26)41-32)25-11-7-6-8-12-25;/h6-22,24,43H,1-5H3;/q-1;. The van der Waals surface area contributed by atoms with E-state index in [1.54, 1.807) is 0 Å². The number of benzene rings is 4. The molecule has 4 nitrogen and oxygen atoms in total. The molecule has 1 aliphatic rings. The van der Waals surface area contributed by atoms with E-state index in [1.807, 2.05) is 60.8 Å². The Balaban J connectivity index is 0.00000343. The molecule has 7 rings (SSSR count). The molecule has 2 aromatic heterocycles. The third-order valence-electron chi connectivity index (χ3n) is 8.68. The molecule has 1 N–H and O–H groups in total. The van der Waals surface area contributed by atoms with Gasteiger partial charge in [0.05, 0.1) is 0 Å². The fourth-order valence-corrected chi connectivity index (χ4v) is 6.19. The summed E-state index contributed by atoms with van der Waals surface area (Å²) in [6.45, 7) is 11.2. The summed E-state index contributed by atoms with van der Waals surface area (Å²) in [5, 5.41) is 12.2. The van der Waals surface area contributed by atoms with E-state index in [2.05, 4.69) is 94.1 Å². The summed E-state index contributed by atoms with van der Waals surface area (Å²) < 4.78 is 0. The van der Waals surface area contributed by atoms with Gasteiger partial charge in [-0.1, -0.05) is 107 Å². The van der Waals surface area contributed by atoms with Crippen molar-refractivity contribution in [1.82, 2.24) is 9.97 Å². The molecule has 0 unspecified atom stereocenters. The zero-order chi connectivity index (χ0) is 29.9. The van der Waals surface area contributed by atoms with E-state index in [-0.39, 0.29) is 37.6 Å². The van der Waals surface area contributed by atoms with Gasteiger partial charge in [0.25, 0.3) is 0 Å². The van der Waals surface area contributed by atoms with Crippen molar-refractivity contribution in [2.45, 2.75) is 45.4 Å². The minimum absolute atomic E-state index is 0. The van der Waals surface area contributed by atoms with E-state index in [1.165, 1.54) is 16.7 Å². The number of hydrogen-bond donors (Lipinski definition) is 1. The first kappa shape index (κ1) is 29.8. The van der Waals surface area contributed by atoms with Crippen LogP contribution in [0.25, 0.3) is 33.3 Å². The fraction of sp³-hybridized carbons (Fsp3) is 0.179. The van der Waals surface area contributed by atoms with Crippen molar-refractivity contribution in [2.24, 2.45) is 0 Å². The molecule has 0 saturated heterocycles. The van der Waals surface area contributed by atoms with Crippen molar-refractivity contribution in [2.75, 3.05) is 4.90 Å². The smallest absolute Gasteiger partial charge is 0.148 e. The van der Waals surface area contributed by atoms with Crippen LogP contribution in [-0.4, -0.2) is 15.1 Å². The molecule has 6 aromatic rings. The first-order chi connectivity index (χ1) is 20.6. The molecule has 44 heavy (non-hydrogen) atoms. The number of phenolic OH excluding ortho intramolecular Hbond substituents is 1. The maximum atomic E-state index is 11.3. The maximum Gasteiger partial charge on any atom is 0.148 e. The first-order valence-electron chi connectivity index (χ1n) is 14.7. The second kappa shape index (κ2) is 11.0. The SMILES string of the molecule is CC(C)(C)c1ccnc(N2c3[c-]c(-c4ccc5ccc(-c6ccccc6)c(O)c5n4)ccc3C(C)(C)c3ccccc32)c1.[Pt]. The molecule has 0 bridgehead atoms. The minimum atomic E-state index is -0.237. The van der Waals surface area contributed by atoms with Crippen LogP contribution < -0.4 is 4.90 Å². The summed E-state index contributed by atoms with van der Waals surface area (Å²) in [7, 11) is 0. The van der Waals surface area contributed by atoms with Crippen LogP contribution in [0.3, 0.4) is 0 Å². The number of fused-ring (bicyclic) bond motifs is 3. The van der Waals surface area contributed by atoms with Gasteiger partial charge < -0.3 is 10.0 Å². The van der Waals surface area contributed by atoms with Gasteiger partial charge >= 0.3 is 0 Å². The molecule has 0 aliphatic carbocycles. The van der Waals surface area contributed by atoms with Crippen LogP contribution in [-0.2, 0) is 31.9 Å². The number of hydrogen-bond acceptors (Lipinski definition) is 4. The zero-order valence-electron chi connectivity index (χ0n) is 25.5. The largest absolute Gasteiger partial charge is 0.505 e. The maximum absolute atomic E-state index is 11.3. The van der Waals surface area contributed by atoms with E-state index < -0.39 is 0 Å². The molecule has 222 valence electrons. The Morgan fingerprint density at radius 2 is 1.52 bits per heavy atom. The second-order valence-electron chi connectivity index (χ2n) is 12.9. The van der Waals surface area contributed by atoms with Crippen molar-refractivity contribution in [3.05, 3.63) is 132 Å². The van der Waals surface area contributed by atoms with Gasteiger partial charge in [-0.15, -0.1) is 23.8 Å². The van der Waals surface area contributed by atoms with Crippen molar-refractivity contribution < 1.29 is 26.2 Å². The Morgan fingerprint density at radius 3 is 2.30 bits per heavy atom.